The lowest BCUT2D eigenvalue weighted by Crippen LogP contribution is -2.38. The number of ether oxygens (including phenoxy) is 1. The topological polar surface area (TPSA) is 64.3 Å². The van der Waals surface area contributed by atoms with E-state index in [0.29, 0.717) is 12.3 Å². The first kappa shape index (κ1) is 17.5. The minimum Gasteiger partial charge on any atom is -0.492 e. The van der Waals surface area contributed by atoms with Crippen molar-refractivity contribution in [2.45, 2.75) is 12.7 Å². The van der Waals surface area contributed by atoms with Crippen molar-refractivity contribution in [3.63, 3.8) is 0 Å². The number of carbonyl (C=O) groups excluding carboxylic acids is 1. The Labute approximate surface area is 114 Å². The standard InChI is InChI=1S/C11H13F3N2O2.ClH/c12-11(13,14)10(17)16-5-6-18-9-3-1-8(7-15)2-4-9;/h1-4H,5-7,15H2,(H,16,17);1H. The summed E-state index contributed by atoms with van der Waals surface area (Å²) in [6.45, 7) is 0.155. The third kappa shape index (κ3) is 6.30. The molecule has 3 N–H and O–H groups in total. The van der Waals surface area contributed by atoms with Gasteiger partial charge >= 0.3 is 12.1 Å². The molecule has 0 aromatic heterocycles. The summed E-state index contributed by atoms with van der Waals surface area (Å²) in [5, 5.41) is 1.71. The summed E-state index contributed by atoms with van der Waals surface area (Å²) in [5.41, 5.74) is 6.32. The van der Waals surface area contributed by atoms with Crippen LogP contribution in [0.25, 0.3) is 0 Å². The first-order valence-electron chi connectivity index (χ1n) is 5.20. The fourth-order valence-electron chi connectivity index (χ4n) is 1.16. The van der Waals surface area contributed by atoms with Gasteiger partial charge in [-0.25, -0.2) is 0 Å². The number of halogens is 4. The summed E-state index contributed by atoms with van der Waals surface area (Å²) in [7, 11) is 0. The molecule has 0 saturated carbocycles. The maximum absolute atomic E-state index is 11.8. The molecule has 19 heavy (non-hydrogen) atoms. The molecule has 108 valence electrons. The number of hydrogen-bond donors (Lipinski definition) is 2. The molecular formula is C11H14ClF3N2O2. The zero-order valence-electron chi connectivity index (χ0n) is 9.87. The van der Waals surface area contributed by atoms with Gasteiger partial charge in [-0.15, -0.1) is 12.4 Å². The molecule has 0 radical (unpaired) electrons. The molecule has 4 nitrogen and oxygen atoms in total. The number of amides is 1. The summed E-state index contributed by atoms with van der Waals surface area (Å²) in [6.07, 6.45) is -4.86. The molecule has 1 aromatic carbocycles. The van der Waals surface area contributed by atoms with Gasteiger partial charge in [0.2, 0.25) is 0 Å². The average molecular weight is 299 g/mol. The smallest absolute Gasteiger partial charge is 0.471 e. The van der Waals surface area contributed by atoms with E-state index in [1.807, 2.05) is 0 Å². The molecule has 0 aliphatic rings. The van der Waals surface area contributed by atoms with Crippen LogP contribution in [0.15, 0.2) is 24.3 Å². The number of hydrogen-bond acceptors (Lipinski definition) is 3. The number of rotatable bonds is 5. The van der Waals surface area contributed by atoms with Crippen LogP contribution in [-0.4, -0.2) is 25.2 Å². The highest BCUT2D eigenvalue weighted by Crippen LogP contribution is 2.14. The van der Waals surface area contributed by atoms with E-state index in [1.54, 1.807) is 29.6 Å². The number of nitrogens with two attached hydrogens (primary N) is 1. The van der Waals surface area contributed by atoms with E-state index >= 15 is 0 Å². The van der Waals surface area contributed by atoms with Crippen molar-refractivity contribution in [3.05, 3.63) is 29.8 Å². The highest BCUT2D eigenvalue weighted by atomic mass is 35.5. The van der Waals surface area contributed by atoms with E-state index in [2.05, 4.69) is 0 Å². The van der Waals surface area contributed by atoms with Crippen LogP contribution in [0.1, 0.15) is 5.56 Å². The second-order valence-corrected chi connectivity index (χ2v) is 3.45. The number of nitrogens with one attached hydrogen (secondary N) is 1. The van der Waals surface area contributed by atoms with E-state index in [-0.39, 0.29) is 25.6 Å². The third-order valence-electron chi connectivity index (χ3n) is 2.07. The molecule has 0 unspecified atom stereocenters. The zero-order valence-corrected chi connectivity index (χ0v) is 10.7. The molecule has 8 heteroatoms. The highest BCUT2D eigenvalue weighted by molar-refractivity contribution is 5.85. The third-order valence-corrected chi connectivity index (χ3v) is 2.07. The average Bonchev–Trinajstić information content (AvgIpc) is 2.34. The van der Waals surface area contributed by atoms with Gasteiger partial charge in [0, 0.05) is 6.54 Å². The predicted octanol–water partition coefficient (Wildman–Crippen LogP) is 1.62. The lowest BCUT2D eigenvalue weighted by Gasteiger charge is -2.09. The number of alkyl halides is 3. The maximum Gasteiger partial charge on any atom is 0.471 e. The van der Waals surface area contributed by atoms with Crippen LogP contribution < -0.4 is 15.8 Å². The second-order valence-electron chi connectivity index (χ2n) is 3.45. The lowest BCUT2D eigenvalue weighted by molar-refractivity contribution is -0.173. The minimum atomic E-state index is -4.86. The number of carbonyl (C=O) groups is 1. The van der Waals surface area contributed by atoms with E-state index < -0.39 is 12.1 Å². The molecule has 1 rings (SSSR count). The Hall–Kier alpha value is -1.47. The van der Waals surface area contributed by atoms with Gasteiger partial charge in [-0.1, -0.05) is 12.1 Å². The number of benzene rings is 1. The summed E-state index contributed by atoms with van der Waals surface area (Å²) >= 11 is 0. The second kappa shape index (κ2) is 7.85. The Morgan fingerprint density at radius 3 is 2.32 bits per heavy atom. The zero-order chi connectivity index (χ0) is 13.6. The fourth-order valence-corrected chi connectivity index (χ4v) is 1.16. The highest BCUT2D eigenvalue weighted by Gasteiger charge is 2.38. The molecule has 0 heterocycles. The van der Waals surface area contributed by atoms with Crippen molar-refractivity contribution in [1.82, 2.24) is 5.32 Å². The van der Waals surface area contributed by atoms with Crippen LogP contribution in [0, 0.1) is 0 Å². The van der Waals surface area contributed by atoms with Crippen LogP contribution in [0.3, 0.4) is 0 Å². The molecular weight excluding hydrogens is 285 g/mol. The molecule has 1 amide bonds. The predicted molar refractivity (Wildman–Crippen MR) is 66.1 cm³/mol. The molecule has 0 saturated heterocycles. The Bertz CT molecular complexity index is 396. The molecule has 0 atom stereocenters. The first-order valence-corrected chi connectivity index (χ1v) is 5.20. The summed E-state index contributed by atoms with van der Waals surface area (Å²) < 4.78 is 40.6. The van der Waals surface area contributed by atoms with E-state index in [0.717, 1.165) is 5.56 Å². The van der Waals surface area contributed by atoms with Crippen molar-refractivity contribution in [2.24, 2.45) is 5.73 Å². The van der Waals surface area contributed by atoms with Gasteiger partial charge in [0.05, 0.1) is 6.54 Å². The molecule has 1 aromatic rings. The van der Waals surface area contributed by atoms with Crippen LogP contribution >= 0.6 is 12.4 Å². The van der Waals surface area contributed by atoms with Crippen LogP contribution in [0.5, 0.6) is 5.75 Å². The Morgan fingerprint density at radius 2 is 1.84 bits per heavy atom. The molecule has 0 fully saturated rings. The lowest BCUT2D eigenvalue weighted by atomic mass is 10.2. The summed E-state index contributed by atoms with van der Waals surface area (Å²) in [5.74, 6) is -1.46. The van der Waals surface area contributed by atoms with Gasteiger partial charge in [-0.2, -0.15) is 13.2 Å². The van der Waals surface area contributed by atoms with Gasteiger partial charge < -0.3 is 15.8 Å². The Morgan fingerprint density at radius 1 is 1.26 bits per heavy atom. The van der Waals surface area contributed by atoms with Gasteiger partial charge in [0.15, 0.2) is 0 Å². The molecule has 0 aliphatic heterocycles. The quantitative estimate of drug-likeness (QED) is 0.812. The Kier molecular flexibility index (Phi) is 7.25. The molecule has 0 aliphatic carbocycles. The van der Waals surface area contributed by atoms with Crippen LogP contribution in [0.2, 0.25) is 0 Å². The SMILES string of the molecule is Cl.NCc1ccc(OCCNC(=O)C(F)(F)F)cc1. The largest absolute Gasteiger partial charge is 0.492 e. The summed E-state index contributed by atoms with van der Waals surface area (Å²) in [4.78, 5) is 10.5. The van der Waals surface area contributed by atoms with Crippen molar-refractivity contribution in [2.75, 3.05) is 13.2 Å². The monoisotopic (exact) mass is 298 g/mol. The van der Waals surface area contributed by atoms with Gasteiger partial charge in [-0.05, 0) is 17.7 Å². The van der Waals surface area contributed by atoms with Crippen molar-refractivity contribution < 1.29 is 22.7 Å². The van der Waals surface area contributed by atoms with Crippen molar-refractivity contribution in [3.8, 4) is 5.75 Å². The van der Waals surface area contributed by atoms with Crippen LogP contribution in [-0.2, 0) is 11.3 Å². The minimum absolute atomic E-state index is 0. The Balaban J connectivity index is 0.00000324. The van der Waals surface area contributed by atoms with Crippen molar-refractivity contribution in [1.29, 1.82) is 0 Å². The normalized spacial score (nSPS) is 10.5. The van der Waals surface area contributed by atoms with E-state index in [1.165, 1.54) is 0 Å². The van der Waals surface area contributed by atoms with E-state index in [9.17, 15) is 18.0 Å². The molecule has 0 spiro atoms. The van der Waals surface area contributed by atoms with Crippen molar-refractivity contribution >= 4 is 18.3 Å². The van der Waals surface area contributed by atoms with E-state index in [4.69, 9.17) is 10.5 Å². The van der Waals surface area contributed by atoms with Gasteiger partial charge in [-0.3, -0.25) is 4.79 Å². The maximum atomic E-state index is 11.8. The fraction of sp³-hybridized carbons (Fsp3) is 0.364. The van der Waals surface area contributed by atoms with Gasteiger partial charge in [0.25, 0.3) is 0 Å². The molecule has 0 bridgehead atoms. The first-order chi connectivity index (χ1) is 8.43. The van der Waals surface area contributed by atoms with Crippen LogP contribution in [0.4, 0.5) is 13.2 Å². The summed E-state index contributed by atoms with van der Waals surface area (Å²) in [6, 6.07) is 6.83. The van der Waals surface area contributed by atoms with Gasteiger partial charge in [0.1, 0.15) is 12.4 Å².